The smallest absolute Gasteiger partial charge is 0.236 e. The average Bonchev–Trinajstić information content (AvgIpc) is 3.55. The molecular formula is C24H19Cl2N5OS3. The number of amides is 1. The van der Waals surface area contributed by atoms with E-state index in [2.05, 4.69) is 56.4 Å². The maximum Gasteiger partial charge on any atom is 0.236 e. The number of nitrogens with zero attached hydrogens (tertiary/aromatic N) is 4. The van der Waals surface area contributed by atoms with E-state index in [9.17, 15) is 4.79 Å². The first-order valence-corrected chi connectivity index (χ1v) is 14.2. The number of hydrogen-bond acceptors (Lipinski definition) is 7. The summed E-state index contributed by atoms with van der Waals surface area (Å²) in [6.07, 6.45) is 0. The van der Waals surface area contributed by atoms with Crippen LogP contribution in [0.5, 0.6) is 0 Å². The summed E-state index contributed by atoms with van der Waals surface area (Å²) in [6.45, 7) is 4.18. The van der Waals surface area contributed by atoms with Gasteiger partial charge >= 0.3 is 0 Å². The summed E-state index contributed by atoms with van der Waals surface area (Å²) in [5.74, 6) is 0.829. The van der Waals surface area contributed by atoms with Crippen molar-refractivity contribution >= 4 is 78.8 Å². The number of anilines is 1. The highest BCUT2D eigenvalue weighted by atomic mass is 35.5. The molecule has 1 N–H and O–H groups in total. The van der Waals surface area contributed by atoms with E-state index in [0.29, 0.717) is 26.0 Å². The van der Waals surface area contributed by atoms with E-state index in [-0.39, 0.29) is 17.7 Å². The maximum atomic E-state index is 12.7. The number of thiazole rings is 1. The number of thiophene rings is 1. The number of fused-ring (bicyclic) bond motifs is 1. The number of carbonyl (C=O) groups is 1. The number of carbonyl (C=O) groups excluding carboxylic acids is 1. The molecule has 0 fully saturated rings. The van der Waals surface area contributed by atoms with E-state index >= 15 is 0 Å². The normalized spacial score (nSPS) is 11.5. The van der Waals surface area contributed by atoms with Crippen LogP contribution in [0.25, 0.3) is 32.7 Å². The first-order chi connectivity index (χ1) is 16.9. The van der Waals surface area contributed by atoms with Crippen LogP contribution in [0.3, 0.4) is 0 Å². The van der Waals surface area contributed by atoms with Gasteiger partial charge in [0.25, 0.3) is 0 Å². The molecule has 0 spiro atoms. The van der Waals surface area contributed by atoms with Gasteiger partial charge in [-0.2, -0.15) is 0 Å². The van der Waals surface area contributed by atoms with Gasteiger partial charge in [0.2, 0.25) is 5.91 Å². The third-order valence-electron chi connectivity index (χ3n) is 5.19. The van der Waals surface area contributed by atoms with Gasteiger partial charge in [0.05, 0.1) is 16.5 Å². The van der Waals surface area contributed by atoms with Gasteiger partial charge in [-0.25, -0.2) is 4.98 Å². The van der Waals surface area contributed by atoms with Gasteiger partial charge in [-0.3, -0.25) is 9.36 Å². The molecule has 1 amide bonds. The van der Waals surface area contributed by atoms with Crippen LogP contribution in [0.4, 0.5) is 5.13 Å². The van der Waals surface area contributed by atoms with E-state index in [4.69, 9.17) is 23.2 Å². The molecule has 0 radical (unpaired) electrons. The minimum Gasteiger partial charge on any atom is -0.301 e. The summed E-state index contributed by atoms with van der Waals surface area (Å²) >= 11 is 16.6. The SMILES string of the molecule is CC(C)n1c(SCC(=O)Nc2nc(-c3ccc(Cl)cc3Cl)cs2)nnc1-c1csc2ccccc12. The van der Waals surface area contributed by atoms with E-state index < -0.39 is 0 Å². The molecule has 11 heteroatoms. The molecule has 0 aliphatic rings. The molecule has 178 valence electrons. The predicted octanol–water partition coefficient (Wildman–Crippen LogP) is 7.90. The fourth-order valence-corrected chi connectivity index (χ4v) is 6.65. The lowest BCUT2D eigenvalue weighted by atomic mass is 10.1. The molecule has 0 bridgehead atoms. The van der Waals surface area contributed by atoms with E-state index in [0.717, 1.165) is 22.3 Å². The molecule has 0 atom stereocenters. The van der Waals surface area contributed by atoms with Crippen LogP contribution >= 0.6 is 57.6 Å². The molecule has 35 heavy (non-hydrogen) atoms. The molecule has 3 aromatic heterocycles. The molecule has 2 aromatic carbocycles. The van der Waals surface area contributed by atoms with Gasteiger partial charge in [0.15, 0.2) is 16.1 Å². The fourth-order valence-electron chi connectivity index (χ4n) is 3.61. The molecule has 0 saturated heterocycles. The Labute approximate surface area is 224 Å². The van der Waals surface area contributed by atoms with Crippen molar-refractivity contribution in [2.45, 2.75) is 25.0 Å². The number of aromatic nitrogens is 4. The maximum absolute atomic E-state index is 12.7. The Balaban J connectivity index is 1.30. The fraction of sp³-hybridized carbons (Fsp3) is 0.167. The summed E-state index contributed by atoms with van der Waals surface area (Å²) in [5.41, 5.74) is 2.51. The highest BCUT2D eigenvalue weighted by molar-refractivity contribution is 7.99. The van der Waals surface area contributed by atoms with E-state index in [1.807, 2.05) is 23.6 Å². The van der Waals surface area contributed by atoms with Gasteiger partial charge < -0.3 is 5.32 Å². The molecule has 5 aromatic rings. The zero-order valence-electron chi connectivity index (χ0n) is 18.7. The standard InChI is InChI=1S/C24H19Cl2N5OS3/c1-13(2)31-22(17-10-33-20-6-4-3-5-15(17)20)29-30-24(31)35-12-21(32)28-23-27-19(11-34-23)16-8-7-14(25)9-18(16)26/h3-11,13H,12H2,1-2H3,(H,27,28,32). The molecular weight excluding hydrogens is 541 g/mol. The van der Waals surface area contributed by atoms with Gasteiger partial charge in [-0.1, -0.05) is 53.2 Å². The van der Waals surface area contributed by atoms with Crippen LogP contribution in [-0.2, 0) is 4.79 Å². The van der Waals surface area contributed by atoms with Gasteiger partial charge in [0, 0.05) is 43.0 Å². The first-order valence-electron chi connectivity index (χ1n) is 10.7. The number of rotatable bonds is 7. The third kappa shape index (κ3) is 5.10. The second-order valence-electron chi connectivity index (χ2n) is 7.91. The van der Waals surface area contributed by atoms with Crippen molar-refractivity contribution in [2.75, 3.05) is 11.1 Å². The first kappa shape index (κ1) is 24.3. The molecule has 0 saturated carbocycles. The third-order valence-corrected chi connectivity index (χ3v) is 8.40. The Morgan fingerprint density at radius 1 is 1.09 bits per heavy atom. The predicted molar refractivity (Wildman–Crippen MR) is 148 cm³/mol. The minimum atomic E-state index is -0.168. The summed E-state index contributed by atoms with van der Waals surface area (Å²) < 4.78 is 3.29. The van der Waals surface area contributed by atoms with Crippen LogP contribution in [0.1, 0.15) is 19.9 Å². The lowest BCUT2D eigenvalue weighted by molar-refractivity contribution is -0.113. The van der Waals surface area contributed by atoms with Crippen molar-refractivity contribution in [1.82, 2.24) is 19.7 Å². The Bertz CT molecular complexity index is 1520. The highest BCUT2D eigenvalue weighted by Crippen LogP contribution is 2.36. The van der Waals surface area contributed by atoms with Crippen LogP contribution < -0.4 is 5.32 Å². The average molecular weight is 561 g/mol. The van der Waals surface area contributed by atoms with Gasteiger partial charge in [0.1, 0.15) is 0 Å². The number of benzene rings is 2. The number of thioether (sulfide) groups is 1. The quantitative estimate of drug-likeness (QED) is 0.205. The summed E-state index contributed by atoms with van der Waals surface area (Å²) in [4.78, 5) is 17.2. The van der Waals surface area contributed by atoms with Crippen molar-refractivity contribution in [1.29, 1.82) is 0 Å². The Morgan fingerprint density at radius 3 is 2.71 bits per heavy atom. The van der Waals surface area contributed by atoms with Crippen LogP contribution in [0.15, 0.2) is 58.4 Å². The van der Waals surface area contributed by atoms with Gasteiger partial charge in [-0.15, -0.1) is 32.9 Å². The van der Waals surface area contributed by atoms with Crippen molar-refractivity contribution in [3.63, 3.8) is 0 Å². The summed E-state index contributed by atoms with van der Waals surface area (Å²) in [6, 6.07) is 13.6. The molecule has 0 unspecified atom stereocenters. The van der Waals surface area contributed by atoms with E-state index in [1.54, 1.807) is 23.5 Å². The molecule has 5 rings (SSSR count). The number of hydrogen-bond donors (Lipinski definition) is 1. The zero-order chi connectivity index (χ0) is 24.5. The Hall–Kier alpha value is -2.43. The minimum absolute atomic E-state index is 0.134. The number of nitrogens with one attached hydrogen (secondary N) is 1. The monoisotopic (exact) mass is 559 g/mol. The molecule has 3 heterocycles. The zero-order valence-corrected chi connectivity index (χ0v) is 22.6. The van der Waals surface area contributed by atoms with Crippen molar-refractivity contribution < 1.29 is 4.79 Å². The lowest BCUT2D eigenvalue weighted by Gasteiger charge is -2.13. The number of halogens is 2. The van der Waals surface area contributed by atoms with Gasteiger partial charge in [-0.05, 0) is 38.1 Å². The van der Waals surface area contributed by atoms with Crippen LogP contribution in [-0.4, -0.2) is 31.4 Å². The van der Waals surface area contributed by atoms with Crippen LogP contribution in [0.2, 0.25) is 10.0 Å². The topological polar surface area (TPSA) is 72.7 Å². The lowest BCUT2D eigenvalue weighted by Crippen LogP contribution is -2.15. The molecule has 6 nitrogen and oxygen atoms in total. The van der Waals surface area contributed by atoms with Crippen molar-refractivity contribution in [3.05, 3.63) is 63.3 Å². The van der Waals surface area contributed by atoms with Crippen molar-refractivity contribution in [3.8, 4) is 22.6 Å². The highest BCUT2D eigenvalue weighted by Gasteiger charge is 2.20. The Kier molecular flexibility index (Phi) is 7.13. The Morgan fingerprint density at radius 2 is 1.91 bits per heavy atom. The molecule has 0 aliphatic heterocycles. The molecule has 0 aliphatic carbocycles. The summed E-state index contributed by atoms with van der Waals surface area (Å²) in [5, 5.41) is 19.1. The van der Waals surface area contributed by atoms with Crippen molar-refractivity contribution in [2.24, 2.45) is 0 Å². The van der Waals surface area contributed by atoms with Crippen LogP contribution in [0, 0.1) is 0 Å². The van der Waals surface area contributed by atoms with E-state index in [1.165, 1.54) is 27.8 Å². The second-order valence-corrected chi connectivity index (χ2v) is 11.5. The summed E-state index contributed by atoms with van der Waals surface area (Å²) in [7, 11) is 0. The largest absolute Gasteiger partial charge is 0.301 e. The second kappa shape index (κ2) is 10.3.